The Labute approximate surface area is 150 Å². The lowest BCUT2D eigenvalue weighted by Crippen LogP contribution is -2.39. The maximum atomic E-state index is 12.6. The topological polar surface area (TPSA) is 47.6 Å². The van der Waals surface area contributed by atoms with Crippen molar-refractivity contribution in [2.75, 3.05) is 7.11 Å². The summed E-state index contributed by atoms with van der Waals surface area (Å²) in [6.07, 6.45) is 0.0692. The SMILES string of the molecule is CC[C@@H](Oc1ccc(OC)cc1)C(=O)N[C@H](C)c1ccc(C)c(C)c1. The maximum absolute atomic E-state index is 12.6. The number of rotatable bonds is 7. The van der Waals surface area contributed by atoms with Gasteiger partial charge in [0.25, 0.3) is 5.91 Å². The zero-order valence-electron chi connectivity index (χ0n) is 15.6. The van der Waals surface area contributed by atoms with E-state index in [0.29, 0.717) is 12.2 Å². The Balaban J connectivity index is 2.01. The Morgan fingerprint density at radius 1 is 1.04 bits per heavy atom. The van der Waals surface area contributed by atoms with Crippen LogP contribution in [0.2, 0.25) is 0 Å². The predicted octanol–water partition coefficient (Wildman–Crippen LogP) is 4.35. The highest BCUT2D eigenvalue weighted by Gasteiger charge is 2.21. The molecule has 1 N–H and O–H groups in total. The number of ether oxygens (including phenoxy) is 2. The predicted molar refractivity (Wildman–Crippen MR) is 100 cm³/mol. The fourth-order valence-corrected chi connectivity index (χ4v) is 2.56. The molecule has 0 saturated heterocycles. The standard InChI is InChI=1S/C21H27NO3/c1-6-20(25-19-11-9-18(24-5)10-12-19)21(23)22-16(4)17-8-7-14(2)15(3)13-17/h7-13,16,20H,6H2,1-5H3,(H,22,23)/t16-,20-/m1/s1. The zero-order valence-corrected chi connectivity index (χ0v) is 15.6. The second-order valence-corrected chi connectivity index (χ2v) is 6.26. The molecule has 134 valence electrons. The van der Waals surface area contributed by atoms with Gasteiger partial charge in [0.15, 0.2) is 6.10 Å². The van der Waals surface area contributed by atoms with E-state index in [9.17, 15) is 4.79 Å². The highest BCUT2D eigenvalue weighted by molar-refractivity contribution is 5.81. The number of methoxy groups -OCH3 is 1. The van der Waals surface area contributed by atoms with Crippen LogP contribution in [0.1, 0.15) is 43.0 Å². The van der Waals surface area contributed by atoms with Crippen molar-refractivity contribution in [2.45, 2.75) is 46.3 Å². The smallest absolute Gasteiger partial charge is 0.261 e. The quantitative estimate of drug-likeness (QED) is 0.814. The van der Waals surface area contributed by atoms with E-state index in [1.54, 1.807) is 7.11 Å². The summed E-state index contributed by atoms with van der Waals surface area (Å²) in [5.41, 5.74) is 3.56. The molecule has 2 aromatic carbocycles. The van der Waals surface area contributed by atoms with Gasteiger partial charge < -0.3 is 14.8 Å². The molecule has 0 fully saturated rings. The molecule has 2 atom stereocenters. The number of hydrogen-bond acceptors (Lipinski definition) is 3. The molecular weight excluding hydrogens is 314 g/mol. The molecule has 0 aliphatic carbocycles. The fourth-order valence-electron chi connectivity index (χ4n) is 2.56. The lowest BCUT2D eigenvalue weighted by atomic mass is 10.0. The van der Waals surface area contributed by atoms with Crippen molar-refractivity contribution in [3.05, 3.63) is 59.2 Å². The van der Waals surface area contributed by atoms with Crippen molar-refractivity contribution in [2.24, 2.45) is 0 Å². The van der Waals surface area contributed by atoms with E-state index in [2.05, 4.69) is 37.4 Å². The number of carbonyl (C=O) groups is 1. The molecule has 25 heavy (non-hydrogen) atoms. The summed E-state index contributed by atoms with van der Waals surface area (Å²) >= 11 is 0. The van der Waals surface area contributed by atoms with E-state index in [-0.39, 0.29) is 11.9 Å². The Morgan fingerprint density at radius 3 is 2.24 bits per heavy atom. The van der Waals surface area contributed by atoms with Crippen LogP contribution in [0, 0.1) is 13.8 Å². The number of aryl methyl sites for hydroxylation is 2. The zero-order chi connectivity index (χ0) is 18.4. The van der Waals surface area contributed by atoms with Crippen LogP contribution in [0.15, 0.2) is 42.5 Å². The van der Waals surface area contributed by atoms with Crippen molar-refractivity contribution in [1.29, 1.82) is 0 Å². The minimum Gasteiger partial charge on any atom is -0.497 e. The van der Waals surface area contributed by atoms with E-state index < -0.39 is 6.10 Å². The van der Waals surface area contributed by atoms with Crippen LogP contribution in [0.4, 0.5) is 0 Å². The van der Waals surface area contributed by atoms with Gasteiger partial charge in [-0.1, -0.05) is 25.1 Å². The van der Waals surface area contributed by atoms with Crippen molar-refractivity contribution in [3.63, 3.8) is 0 Å². The van der Waals surface area contributed by atoms with Crippen LogP contribution in [0.5, 0.6) is 11.5 Å². The number of benzene rings is 2. The van der Waals surface area contributed by atoms with Crippen LogP contribution in [-0.4, -0.2) is 19.1 Å². The van der Waals surface area contributed by atoms with E-state index in [0.717, 1.165) is 11.3 Å². The van der Waals surface area contributed by atoms with Gasteiger partial charge in [0.1, 0.15) is 11.5 Å². The van der Waals surface area contributed by atoms with Gasteiger partial charge in [-0.2, -0.15) is 0 Å². The molecule has 0 heterocycles. The molecular formula is C21H27NO3. The molecule has 4 heteroatoms. The highest BCUT2D eigenvalue weighted by Crippen LogP contribution is 2.20. The molecule has 2 rings (SSSR count). The molecule has 0 saturated carbocycles. The summed E-state index contributed by atoms with van der Waals surface area (Å²) in [4.78, 5) is 12.6. The second kappa shape index (κ2) is 8.56. The molecule has 4 nitrogen and oxygen atoms in total. The maximum Gasteiger partial charge on any atom is 0.261 e. The van der Waals surface area contributed by atoms with E-state index >= 15 is 0 Å². The third kappa shape index (κ3) is 4.99. The Morgan fingerprint density at radius 2 is 1.68 bits per heavy atom. The van der Waals surface area contributed by atoms with Crippen LogP contribution in [0.3, 0.4) is 0 Å². The second-order valence-electron chi connectivity index (χ2n) is 6.26. The Hall–Kier alpha value is -2.49. The minimum absolute atomic E-state index is 0.0692. The normalized spacial score (nSPS) is 13.0. The van der Waals surface area contributed by atoms with Gasteiger partial charge in [-0.25, -0.2) is 0 Å². The van der Waals surface area contributed by atoms with Gasteiger partial charge in [0.2, 0.25) is 0 Å². The van der Waals surface area contributed by atoms with Crippen molar-refractivity contribution >= 4 is 5.91 Å². The first-order chi connectivity index (χ1) is 11.9. The van der Waals surface area contributed by atoms with E-state index in [1.807, 2.05) is 38.1 Å². The first kappa shape index (κ1) is 18.8. The van der Waals surface area contributed by atoms with Crippen LogP contribution >= 0.6 is 0 Å². The molecule has 0 aliphatic rings. The molecule has 0 aromatic heterocycles. The monoisotopic (exact) mass is 341 g/mol. The van der Waals surface area contributed by atoms with Crippen molar-refractivity contribution in [3.8, 4) is 11.5 Å². The minimum atomic E-state index is -0.526. The highest BCUT2D eigenvalue weighted by atomic mass is 16.5. The number of carbonyl (C=O) groups excluding carboxylic acids is 1. The first-order valence-corrected chi connectivity index (χ1v) is 8.62. The fraction of sp³-hybridized carbons (Fsp3) is 0.381. The Kier molecular flexibility index (Phi) is 6.45. The van der Waals surface area contributed by atoms with Crippen molar-refractivity contribution in [1.82, 2.24) is 5.32 Å². The average molecular weight is 341 g/mol. The molecule has 0 spiro atoms. The van der Waals surface area contributed by atoms with Gasteiger partial charge in [-0.3, -0.25) is 4.79 Å². The summed E-state index contributed by atoms with van der Waals surface area (Å²) in [6.45, 7) is 8.09. The van der Waals surface area contributed by atoms with Gasteiger partial charge in [0, 0.05) is 0 Å². The summed E-state index contributed by atoms with van der Waals surface area (Å²) in [6, 6.07) is 13.4. The number of amides is 1. The van der Waals surface area contributed by atoms with Gasteiger partial charge in [0.05, 0.1) is 13.2 Å². The first-order valence-electron chi connectivity index (χ1n) is 8.62. The molecule has 0 unspecified atom stereocenters. The number of nitrogens with one attached hydrogen (secondary N) is 1. The van der Waals surface area contributed by atoms with Gasteiger partial charge in [-0.15, -0.1) is 0 Å². The van der Waals surface area contributed by atoms with Crippen LogP contribution in [-0.2, 0) is 4.79 Å². The van der Waals surface area contributed by atoms with Crippen LogP contribution < -0.4 is 14.8 Å². The third-order valence-corrected chi connectivity index (χ3v) is 4.39. The van der Waals surface area contributed by atoms with Crippen molar-refractivity contribution < 1.29 is 14.3 Å². The van der Waals surface area contributed by atoms with Crippen LogP contribution in [0.25, 0.3) is 0 Å². The lowest BCUT2D eigenvalue weighted by molar-refractivity contribution is -0.128. The lowest BCUT2D eigenvalue weighted by Gasteiger charge is -2.21. The summed E-state index contributed by atoms with van der Waals surface area (Å²) in [5.74, 6) is 1.30. The molecule has 0 bridgehead atoms. The summed E-state index contributed by atoms with van der Waals surface area (Å²) in [7, 11) is 1.62. The number of hydrogen-bond donors (Lipinski definition) is 1. The van der Waals surface area contributed by atoms with Gasteiger partial charge in [-0.05, 0) is 68.1 Å². The van der Waals surface area contributed by atoms with E-state index in [1.165, 1.54) is 11.1 Å². The largest absolute Gasteiger partial charge is 0.497 e. The average Bonchev–Trinajstić information content (AvgIpc) is 2.62. The molecule has 0 radical (unpaired) electrons. The molecule has 0 aliphatic heterocycles. The Bertz CT molecular complexity index is 710. The molecule has 1 amide bonds. The molecule has 2 aromatic rings. The summed E-state index contributed by atoms with van der Waals surface area (Å²) < 4.78 is 11.0. The third-order valence-electron chi connectivity index (χ3n) is 4.39. The van der Waals surface area contributed by atoms with E-state index in [4.69, 9.17) is 9.47 Å². The summed E-state index contributed by atoms with van der Waals surface area (Å²) in [5, 5.41) is 3.05. The van der Waals surface area contributed by atoms with Gasteiger partial charge >= 0.3 is 0 Å².